The molecule has 0 saturated heterocycles. The van der Waals surface area contributed by atoms with Crippen molar-refractivity contribution in [2.45, 2.75) is 26.8 Å². The second-order valence-corrected chi connectivity index (χ2v) is 8.03. The Balaban J connectivity index is 1.81. The first-order chi connectivity index (χ1) is 14.9. The molecular weight excluding hydrogens is 460 g/mol. The molecule has 0 radical (unpaired) electrons. The number of aromatic nitrogens is 3. The highest BCUT2D eigenvalue weighted by molar-refractivity contribution is 9.10. The van der Waals surface area contributed by atoms with Gasteiger partial charge in [0.2, 0.25) is 0 Å². The third kappa shape index (κ3) is 3.90. The highest BCUT2D eigenvalue weighted by Gasteiger charge is 2.19. The van der Waals surface area contributed by atoms with Gasteiger partial charge in [0.05, 0.1) is 23.7 Å². The van der Waals surface area contributed by atoms with Gasteiger partial charge in [-0.25, -0.2) is 9.78 Å². The van der Waals surface area contributed by atoms with E-state index in [9.17, 15) is 9.59 Å². The molecule has 0 amide bonds. The molecule has 31 heavy (non-hydrogen) atoms. The number of fused-ring (bicyclic) bond motifs is 2. The number of halogens is 1. The molecule has 8 heteroatoms. The van der Waals surface area contributed by atoms with Crippen LogP contribution in [0.3, 0.4) is 0 Å². The van der Waals surface area contributed by atoms with E-state index in [1.807, 2.05) is 41.1 Å². The van der Waals surface area contributed by atoms with Crippen LogP contribution in [0.4, 0.5) is 0 Å². The Hall–Kier alpha value is -3.26. The van der Waals surface area contributed by atoms with Crippen LogP contribution in [0.5, 0.6) is 0 Å². The number of ether oxygens (including phenoxy) is 1. The molecule has 0 unspecified atom stereocenters. The summed E-state index contributed by atoms with van der Waals surface area (Å²) in [6, 6.07) is 12.6. The van der Waals surface area contributed by atoms with Gasteiger partial charge in [0.15, 0.2) is 0 Å². The summed E-state index contributed by atoms with van der Waals surface area (Å²) in [6.45, 7) is 5.65. The fourth-order valence-electron chi connectivity index (χ4n) is 3.55. The van der Waals surface area contributed by atoms with E-state index in [4.69, 9.17) is 4.74 Å². The molecule has 7 nitrogen and oxygen atoms in total. The number of aryl methyl sites for hydroxylation is 1. The normalized spacial score (nSPS) is 12.6. The van der Waals surface area contributed by atoms with Gasteiger partial charge in [-0.2, -0.15) is 9.78 Å². The molecular formula is C23H21BrN4O3. The minimum Gasteiger partial charge on any atom is -0.464 e. The van der Waals surface area contributed by atoms with Gasteiger partial charge in [-0.3, -0.25) is 4.79 Å². The Kier molecular flexibility index (Phi) is 5.73. The van der Waals surface area contributed by atoms with Crippen LogP contribution in [0.15, 0.2) is 63.0 Å². The van der Waals surface area contributed by atoms with Crippen molar-refractivity contribution in [3.63, 3.8) is 0 Å². The van der Waals surface area contributed by atoms with Crippen molar-refractivity contribution >= 4 is 49.9 Å². The zero-order valence-corrected chi connectivity index (χ0v) is 19.0. The van der Waals surface area contributed by atoms with Gasteiger partial charge in [0.1, 0.15) is 11.9 Å². The first-order valence-corrected chi connectivity index (χ1v) is 10.7. The summed E-state index contributed by atoms with van der Waals surface area (Å²) in [5, 5.41) is 5.83. The van der Waals surface area contributed by atoms with Crippen molar-refractivity contribution in [2.24, 2.45) is 5.10 Å². The number of esters is 1. The molecule has 158 valence electrons. The highest BCUT2D eigenvalue weighted by Crippen LogP contribution is 2.24. The lowest BCUT2D eigenvalue weighted by Crippen LogP contribution is -2.20. The van der Waals surface area contributed by atoms with E-state index in [-0.39, 0.29) is 11.5 Å². The van der Waals surface area contributed by atoms with Gasteiger partial charge in [-0.15, -0.1) is 0 Å². The smallest absolute Gasteiger partial charge is 0.328 e. The van der Waals surface area contributed by atoms with Gasteiger partial charge in [-0.1, -0.05) is 34.1 Å². The van der Waals surface area contributed by atoms with Gasteiger partial charge in [0.25, 0.3) is 5.56 Å². The Morgan fingerprint density at radius 2 is 2.03 bits per heavy atom. The topological polar surface area (TPSA) is 78.5 Å². The summed E-state index contributed by atoms with van der Waals surface area (Å²) < 4.78 is 9.13. The second kappa shape index (κ2) is 8.47. The van der Waals surface area contributed by atoms with Gasteiger partial charge >= 0.3 is 5.97 Å². The molecule has 0 aliphatic rings. The van der Waals surface area contributed by atoms with Crippen molar-refractivity contribution in [3.8, 4) is 0 Å². The zero-order valence-electron chi connectivity index (χ0n) is 17.4. The number of benzene rings is 2. The average Bonchev–Trinajstić information content (AvgIpc) is 3.12. The van der Waals surface area contributed by atoms with Gasteiger partial charge < -0.3 is 9.30 Å². The predicted molar refractivity (Wildman–Crippen MR) is 125 cm³/mol. The van der Waals surface area contributed by atoms with Gasteiger partial charge in [-0.05, 0) is 45.0 Å². The molecule has 0 spiro atoms. The van der Waals surface area contributed by atoms with E-state index in [0.29, 0.717) is 23.3 Å². The molecule has 0 saturated carbocycles. The fraction of sp³-hybridized carbons (Fsp3) is 0.217. The Bertz CT molecular complexity index is 1390. The summed E-state index contributed by atoms with van der Waals surface area (Å²) in [6.07, 6.45) is 3.47. The molecule has 0 fully saturated rings. The lowest BCUT2D eigenvalue weighted by Gasteiger charge is -2.13. The molecule has 2 heterocycles. The maximum Gasteiger partial charge on any atom is 0.328 e. The number of carbonyl (C=O) groups excluding carboxylic acids is 1. The predicted octanol–water partition coefficient (Wildman–Crippen LogP) is 4.43. The highest BCUT2D eigenvalue weighted by atomic mass is 79.9. The van der Waals surface area contributed by atoms with E-state index in [2.05, 4.69) is 26.0 Å². The van der Waals surface area contributed by atoms with Crippen molar-refractivity contribution in [2.75, 3.05) is 6.61 Å². The third-order valence-electron chi connectivity index (χ3n) is 5.10. The monoisotopic (exact) mass is 480 g/mol. The third-order valence-corrected chi connectivity index (χ3v) is 5.59. The summed E-state index contributed by atoms with van der Waals surface area (Å²) in [5.41, 5.74) is 2.04. The quantitative estimate of drug-likeness (QED) is 0.312. The largest absolute Gasteiger partial charge is 0.464 e. The number of nitrogens with zero attached hydrogens (tertiary/aromatic N) is 4. The molecule has 0 aliphatic heterocycles. The second-order valence-electron chi connectivity index (χ2n) is 7.12. The van der Waals surface area contributed by atoms with Crippen LogP contribution < -0.4 is 5.56 Å². The number of para-hydroxylation sites is 1. The number of hydrogen-bond acceptors (Lipinski definition) is 5. The molecule has 4 rings (SSSR count). The van der Waals surface area contributed by atoms with E-state index in [1.165, 1.54) is 4.68 Å². The Morgan fingerprint density at radius 1 is 1.26 bits per heavy atom. The first-order valence-electron chi connectivity index (χ1n) is 9.90. The van der Waals surface area contributed by atoms with Crippen molar-refractivity contribution in [3.05, 3.63) is 74.9 Å². The van der Waals surface area contributed by atoms with Crippen molar-refractivity contribution in [1.29, 1.82) is 0 Å². The van der Waals surface area contributed by atoms with Crippen LogP contribution in [0, 0.1) is 6.92 Å². The minimum absolute atomic E-state index is 0.247. The molecule has 1 atom stereocenters. The molecule has 4 aromatic rings. The van der Waals surface area contributed by atoms with E-state index < -0.39 is 6.04 Å². The summed E-state index contributed by atoms with van der Waals surface area (Å²) >= 11 is 3.40. The molecule has 2 aromatic heterocycles. The van der Waals surface area contributed by atoms with Gasteiger partial charge in [0, 0.05) is 27.1 Å². The number of rotatable bonds is 5. The first kappa shape index (κ1) is 21.0. The van der Waals surface area contributed by atoms with Crippen LogP contribution in [-0.2, 0) is 9.53 Å². The number of hydrogen-bond donors (Lipinski definition) is 0. The maximum atomic E-state index is 13.0. The maximum absolute atomic E-state index is 13.0. The molecule has 0 bridgehead atoms. The Morgan fingerprint density at radius 3 is 2.81 bits per heavy atom. The summed E-state index contributed by atoms with van der Waals surface area (Å²) in [5.74, 6) is 0.183. The lowest BCUT2D eigenvalue weighted by atomic mass is 10.2. The average molecular weight is 481 g/mol. The van der Waals surface area contributed by atoms with Crippen LogP contribution in [0.2, 0.25) is 0 Å². The van der Waals surface area contributed by atoms with E-state index in [1.54, 1.807) is 39.1 Å². The number of carbonyl (C=O) groups is 1. The van der Waals surface area contributed by atoms with Crippen LogP contribution in [0.1, 0.15) is 31.3 Å². The van der Waals surface area contributed by atoms with Crippen LogP contribution in [-0.4, -0.2) is 33.0 Å². The van der Waals surface area contributed by atoms with Crippen LogP contribution >= 0.6 is 15.9 Å². The summed E-state index contributed by atoms with van der Waals surface area (Å²) in [4.78, 5) is 29.8. The van der Waals surface area contributed by atoms with Crippen LogP contribution in [0.25, 0.3) is 21.8 Å². The SMILES string of the molecule is CCOC(=O)[C@H](C)n1cc(C=Nn2c(C)nc3ccc(Br)cc3c2=O)c2ccccc21. The summed E-state index contributed by atoms with van der Waals surface area (Å²) in [7, 11) is 0. The van der Waals surface area contributed by atoms with Crippen molar-refractivity contribution in [1.82, 2.24) is 14.2 Å². The minimum atomic E-state index is -0.490. The zero-order chi connectivity index (χ0) is 22.1. The molecule has 0 N–H and O–H groups in total. The Labute approximate surface area is 187 Å². The molecule has 0 aliphatic carbocycles. The van der Waals surface area contributed by atoms with Crippen molar-refractivity contribution < 1.29 is 9.53 Å². The fourth-order valence-corrected chi connectivity index (χ4v) is 3.91. The lowest BCUT2D eigenvalue weighted by molar-refractivity contribution is -0.146. The van der Waals surface area contributed by atoms with E-state index in [0.717, 1.165) is 20.9 Å². The molecule has 2 aromatic carbocycles. The standard InChI is InChI=1S/C23H21BrN4O3/c1-4-31-23(30)14(2)27-13-16(18-7-5-6-8-21(18)27)12-25-28-15(3)26-20-10-9-17(24)11-19(20)22(28)29/h5-14H,4H2,1-3H3/t14-/m0/s1. The van der Waals surface area contributed by atoms with E-state index >= 15 is 0 Å².